The summed E-state index contributed by atoms with van der Waals surface area (Å²) < 4.78 is 5.71. The Labute approximate surface area is 128 Å². The maximum Gasteiger partial charge on any atom is 0.150 e. The zero-order valence-corrected chi connectivity index (χ0v) is 13.3. The van der Waals surface area contributed by atoms with E-state index in [0.717, 1.165) is 37.1 Å². The molecule has 1 aromatic rings. The lowest BCUT2D eigenvalue weighted by Gasteiger charge is -2.39. The van der Waals surface area contributed by atoms with Gasteiger partial charge in [0, 0.05) is 17.6 Å². The highest BCUT2D eigenvalue weighted by molar-refractivity contribution is 5.74. The van der Waals surface area contributed by atoms with Crippen LogP contribution < -0.4 is 4.74 Å². The standard InChI is InChI=1S/C18H27NO2/c1-15-6-5-7-16(2)19(15)12-3-4-13-21-18-10-8-17(14-20)9-11-18/h8-11,14-16H,3-7,12-13H2,1-2H3/t15-,16-/m1/s1. The number of hydrogen-bond acceptors (Lipinski definition) is 3. The summed E-state index contributed by atoms with van der Waals surface area (Å²) in [7, 11) is 0. The van der Waals surface area contributed by atoms with E-state index in [9.17, 15) is 4.79 Å². The van der Waals surface area contributed by atoms with Crippen molar-refractivity contribution in [2.24, 2.45) is 0 Å². The van der Waals surface area contributed by atoms with Gasteiger partial charge in [-0.3, -0.25) is 9.69 Å². The minimum Gasteiger partial charge on any atom is -0.494 e. The minimum atomic E-state index is 0.690. The number of hydrogen-bond donors (Lipinski definition) is 0. The highest BCUT2D eigenvalue weighted by atomic mass is 16.5. The molecule has 2 atom stereocenters. The zero-order chi connectivity index (χ0) is 15.1. The van der Waals surface area contributed by atoms with Crippen molar-refractivity contribution < 1.29 is 9.53 Å². The third kappa shape index (κ3) is 4.85. The molecule has 0 bridgehead atoms. The van der Waals surface area contributed by atoms with Crippen molar-refractivity contribution in [1.29, 1.82) is 0 Å². The number of aldehydes is 1. The number of carbonyl (C=O) groups excluding carboxylic acids is 1. The molecule has 3 heteroatoms. The topological polar surface area (TPSA) is 29.5 Å². The van der Waals surface area contributed by atoms with Crippen LogP contribution in [0, 0.1) is 0 Å². The monoisotopic (exact) mass is 289 g/mol. The Bertz CT molecular complexity index is 419. The van der Waals surface area contributed by atoms with Crippen molar-refractivity contribution in [3.8, 4) is 5.75 Å². The Morgan fingerprint density at radius 1 is 1.14 bits per heavy atom. The van der Waals surface area contributed by atoms with Gasteiger partial charge in [0.25, 0.3) is 0 Å². The molecule has 0 amide bonds. The van der Waals surface area contributed by atoms with Gasteiger partial charge in [0.2, 0.25) is 0 Å². The molecule has 1 saturated heterocycles. The highest BCUT2D eigenvalue weighted by Crippen LogP contribution is 2.22. The molecule has 0 N–H and O–H groups in total. The maximum absolute atomic E-state index is 10.6. The fourth-order valence-electron chi connectivity index (χ4n) is 3.14. The number of likely N-dealkylation sites (tertiary alicyclic amines) is 1. The first-order chi connectivity index (χ1) is 10.2. The Hall–Kier alpha value is -1.35. The van der Waals surface area contributed by atoms with E-state index in [0.29, 0.717) is 5.56 Å². The molecular weight excluding hydrogens is 262 g/mol. The summed E-state index contributed by atoms with van der Waals surface area (Å²) in [6.07, 6.45) is 7.16. The molecular formula is C18H27NO2. The second-order valence-electron chi connectivity index (χ2n) is 6.11. The molecule has 0 spiro atoms. The second-order valence-corrected chi connectivity index (χ2v) is 6.11. The summed E-state index contributed by atoms with van der Waals surface area (Å²) in [5, 5.41) is 0. The van der Waals surface area contributed by atoms with E-state index in [2.05, 4.69) is 18.7 Å². The quantitative estimate of drug-likeness (QED) is 0.563. The number of carbonyl (C=O) groups is 1. The van der Waals surface area contributed by atoms with Gasteiger partial charge >= 0.3 is 0 Å². The predicted octanol–water partition coefficient (Wildman–Crippen LogP) is 3.92. The van der Waals surface area contributed by atoms with Crippen LogP contribution in [0.2, 0.25) is 0 Å². The van der Waals surface area contributed by atoms with Gasteiger partial charge in [-0.15, -0.1) is 0 Å². The fourth-order valence-corrected chi connectivity index (χ4v) is 3.14. The van der Waals surface area contributed by atoms with Gasteiger partial charge in [0.1, 0.15) is 12.0 Å². The SMILES string of the molecule is C[C@@H]1CCC[C@@H](C)N1CCCCOc1ccc(C=O)cc1. The molecule has 1 aromatic carbocycles. The summed E-state index contributed by atoms with van der Waals surface area (Å²) in [5.74, 6) is 0.848. The first kappa shape index (κ1) is 16.0. The molecule has 0 radical (unpaired) electrons. The molecule has 0 aromatic heterocycles. The van der Waals surface area contributed by atoms with Gasteiger partial charge < -0.3 is 4.74 Å². The van der Waals surface area contributed by atoms with Gasteiger partial charge in [-0.2, -0.15) is 0 Å². The van der Waals surface area contributed by atoms with E-state index in [-0.39, 0.29) is 0 Å². The van der Waals surface area contributed by atoms with Gasteiger partial charge in [-0.1, -0.05) is 6.42 Å². The molecule has 0 aliphatic carbocycles. The van der Waals surface area contributed by atoms with Crippen LogP contribution in [0.5, 0.6) is 5.75 Å². The molecule has 21 heavy (non-hydrogen) atoms. The number of rotatable bonds is 7. The molecule has 116 valence electrons. The highest BCUT2D eigenvalue weighted by Gasteiger charge is 2.23. The van der Waals surface area contributed by atoms with E-state index < -0.39 is 0 Å². The first-order valence-electron chi connectivity index (χ1n) is 8.14. The maximum atomic E-state index is 10.6. The Morgan fingerprint density at radius 3 is 2.43 bits per heavy atom. The smallest absolute Gasteiger partial charge is 0.150 e. The number of ether oxygens (including phenoxy) is 1. The summed E-state index contributed by atoms with van der Waals surface area (Å²) >= 11 is 0. The Balaban J connectivity index is 1.64. The third-order valence-electron chi connectivity index (χ3n) is 4.47. The number of nitrogens with zero attached hydrogens (tertiary/aromatic N) is 1. The first-order valence-corrected chi connectivity index (χ1v) is 8.14. The molecule has 1 heterocycles. The van der Waals surface area contributed by atoms with Crippen LogP contribution in [0.3, 0.4) is 0 Å². The van der Waals surface area contributed by atoms with Crippen molar-refractivity contribution >= 4 is 6.29 Å². The lowest BCUT2D eigenvalue weighted by Crippen LogP contribution is -2.44. The van der Waals surface area contributed by atoms with Gasteiger partial charge in [-0.25, -0.2) is 0 Å². The summed E-state index contributed by atoms with van der Waals surface area (Å²) in [4.78, 5) is 13.2. The molecule has 3 nitrogen and oxygen atoms in total. The van der Waals surface area contributed by atoms with Crippen LogP contribution in [0.25, 0.3) is 0 Å². The van der Waals surface area contributed by atoms with Crippen LogP contribution in [-0.4, -0.2) is 36.4 Å². The summed E-state index contributed by atoms with van der Waals surface area (Å²) in [6, 6.07) is 8.76. The zero-order valence-electron chi connectivity index (χ0n) is 13.3. The number of unbranched alkanes of at least 4 members (excludes halogenated alkanes) is 1. The lowest BCUT2D eigenvalue weighted by molar-refractivity contribution is 0.0996. The van der Waals surface area contributed by atoms with Crippen molar-refractivity contribution in [1.82, 2.24) is 4.90 Å². The van der Waals surface area contributed by atoms with Gasteiger partial charge in [0.05, 0.1) is 6.61 Å². The van der Waals surface area contributed by atoms with Crippen LogP contribution in [0.1, 0.15) is 56.3 Å². The summed E-state index contributed by atoms with van der Waals surface area (Å²) in [6.45, 7) is 6.62. The molecule has 2 rings (SSSR count). The summed E-state index contributed by atoms with van der Waals surface area (Å²) in [5.41, 5.74) is 0.690. The molecule has 1 aliphatic rings. The van der Waals surface area contributed by atoms with Crippen molar-refractivity contribution in [2.75, 3.05) is 13.2 Å². The Morgan fingerprint density at radius 2 is 1.81 bits per heavy atom. The normalized spacial score (nSPS) is 23.0. The van der Waals surface area contributed by atoms with E-state index in [1.807, 2.05) is 12.1 Å². The molecule has 0 unspecified atom stereocenters. The second kappa shape index (κ2) is 8.18. The van der Waals surface area contributed by atoms with Gasteiger partial charge in [-0.05, 0) is 70.3 Å². The average Bonchev–Trinajstić information content (AvgIpc) is 2.50. The van der Waals surface area contributed by atoms with E-state index in [1.165, 1.54) is 32.2 Å². The number of piperidine rings is 1. The van der Waals surface area contributed by atoms with Crippen LogP contribution >= 0.6 is 0 Å². The van der Waals surface area contributed by atoms with Crippen molar-refractivity contribution in [3.05, 3.63) is 29.8 Å². The lowest BCUT2D eigenvalue weighted by atomic mass is 9.97. The predicted molar refractivity (Wildman–Crippen MR) is 86.0 cm³/mol. The minimum absolute atomic E-state index is 0.690. The van der Waals surface area contributed by atoms with Crippen LogP contribution in [0.15, 0.2) is 24.3 Å². The largest absolute Gasteiger partial charge is 0.494 e. The molecule has 0 saturated carbocycles. The van der Waals surface area contributed by atoms with Crippen LogP contribution in [0.4, 0.5) is 0 Å². The molecule has 1 aliphatic heterocycles. The Kier molecular flexibility index (Phi) is 6.24. The fraction of sp³-hybridized carbons (Fsp3) is 0.611. The van der Waals surface area contributed by atoms with Crippen LogP contribution in [-0.2, 0) is 0 Å². The van der Waals surface area contributed by atoms with Crippen molar-refractivity contribution in [2.45, 2.75) is 58.0 Å². The number of benzene rings is 1. The third-order valence-corrected chi connectivity index (χ3v) is 4.47. The van der Waals surface area contributed by atoms with Crippen molar-refractivity contribution in [3.63, 3.8) is 0 Å². The average molecular weight is 289 g/mol. The van der Waals surface area contributed by atoms with E-state index in [1.54, 1.807) is 12.1 Å². The van der Waals surface area contributed by atoms with E-state index >= 15 is 0 Å². The van der Waals surface area contributed by atoms with Gasteiger partial charge in [0.15, 0.2) is 0 Å². The van der Waals surface area contributed by atoms with E-state index in [4.69, 9.17) is 4.74 Å². The molecule has 1 fully saturated rings.